The maximum absolute atomic E-state index is 11.6. The van der Waals surface area contributed by atoms with Crippen molar-refractivity contribution >= 4 is 32.8 Å². The van der Waals surface area contributed by atoms with Crippen LogP contribution in [0.5, 0.6) is 0 Å². The van der Waals surface area contributed by atoms with Gasteiger partial charge in [-0.15, -0.1) is 0 Å². The molecule has 106 valence electrons. The smallest absolute Gasteiger partial charge is 0.315 e. The highest BCUT2D eigenvalue weighted by molar-refractivity contribution is 9.10. The van der Waals surface area contributed by atoms with Crippen molar-refractivity contribution in [1.29, 1.82) is 0 Å². The van der Waals surface area contributed by atoms with E-state index in [4.69, 9.17) is 0 Å². The molecule has 4 nitrogen and oxygen atoms in total. The Hall–Kier alpha value is -0.880. The molecule has 0 fully saturated rings. The number of carbonyl (C=O) groups is 1. The number of carbonyl (C=O) groups excluding carboxylic acids is 1. The van der Waals surface area contributed by atoms with Crippen molar-refractivity contribution in [3.05, 3.63) is 34.3 Å². The van der Waals surface area contributed by atoms with Crippen LogP contribution in [0.2, 0.25) is 0 Å². The van der Waals surface area contributed by atoms with Crippen molar-refractivity contribution in [1.82, 2.24) is 10.6 Å². The molecule has 0 unspecified atom stereocenters. The van der Waals surface area contributed by atoms with Crippen LogP contribution < -0.4 is 10.6 Å². The van der Waals surface area contributed by atoms with E-state index in [9.17, 15) is 9.00 Å². The Kier molecular flexibility index (Phi) is 7.09. The van der Waals surface area contributed by atoms with Crippen molar-refractivity contribution < 1.29 is 9.00 Å². The Morgan fingerprint density at radius 3 is 2.58 bits per heavy atom. The molecule has 6 heteroatoms. The highest BCUT2D eigenvalue weighted by atomic mass is 79.9. The fourth-order valence-corrected chi connectivity index (χ4v) is 2.26. The lowest BCUT2D eigenvalue weighted by Crippen LogP contribution is -2.42. The molecule has 0 saturated carbocycles. The van der Waals surface area contributed by atoms with Crippen LogP contribution in [0, 0.1) is 0 Å². The Morgan fingerprint density at radius 2 is 2.00 bits per heavy atom. The van der Waals surface area contributed by atoms with Crippen LogP contribution in [0.3, 0.4) is 0 Å². The van der Waals surface area contributed by atoms with Crippen LogP contribution >= 0.6 is 15.9 Å². The Labute approximate surface area is 124 Å². The zero-order chi connectivity index (χ0) is 14.3. The van der Waals surface area contributed by atoms with Gasteiger partial charge < -0.3 is 10.6 Å². The number of amides is 2. The summed E-state index contributed by atoms with van der Waals surface area (Å²) in [5.74, 6) is 0.481. The van der Waals surface area contributed by atoms with E-state index in [1.54, 1.807) is 6.26 Å². The first kappa shape index (κ1) is 16.2. The van der Waals surface area contributed by atoms with E-state index >= 15 is 0 Å². The third-order valence-corrected chi connectivity index (χ3v) is 3.82. The average Bonchev–Trinajstić information content (AvgIpc) is 2.31. The standard InChI is InChI=1S/C13H19BrN2O2S/c1-10(9-11-3-5-12(14)6-4-11)16-13(17)15-7-8-19(2)18/h3-6,10H,7-9H2,1-2H3,(H2,15,16,17)/t10-,19-/m1/s1. The zero-order valence-corrected chi connectivity index (χ0v) is 13.5. The van der Waals surface area contributed by atoms with E-state index in [0.29, 0.717) is 12.3 Å². The number of hydrogen-bond donors (Lipinski definition) is 2. The summed E-state index contributed by atoms with van der Waals surface area (Å²) in [6, 6.07) is 7.86. The van der Waals surface area contributed by atoms with Crippen LogP contribution in [0.1, 0.15) is 12.5 Å². The average molecular weight is 347 g/mol. The second-order valence-electron chi connectivity index (χ2n) is 4.41. The van der Waals surface area contributed by atoms with Gasteiger partial charge in [0.1, 0.15) is 0 Å². The summed E-state index contributed by atoms with van der Waals surface area (Å²) in [6.45, 7) is 2.39. The van der Waals surface area contributed by atoms with Gasteiger partial charge in [-0.05, 0) is 31.0 Å². The van der Waals surface area contributed by atoms with Gasteiger partial charge >= 0.3 is 6.03 Å². The van der Waals surface area contributed by atoms with Gasteiger partial charge in [-0.1, -0.05) is 28.1 Å². The van der Waals surface area contributed by atoms with Crippen LogP contribution in [0.4, 0.5) is 4.79 Å². The fourth-order valence-electron chi connectivity index (χ4n) is 1.61. The van der Waals surface area contributed by atoms with E-state index in [1.807, 2.05) is 31.2 Å². The quantitative estimate of drug-likeness (QED) is 0.828. The van der Waals surface area contributed by atoms with Gasteiger partial charge in [-0.25, -0.2) is 4.79 Å². The molecule has 0 aliphatic heterocycles. The molecular formula is C13H19BrN2O2S. The molecule has 0 saturated heterocycles. The predicted octanol–water partition coefficient (Wildman–Crippen LogP) is 2.06. The molecule has 2 N–H and O–H groups in total. The van der Waals surface area contributed by atoms with Crippen LogP contribution in [0.15, 0.2) is 28.7 Å². The van der Waals surface area contributed by atoms with Crippen LogP contribution in [-0.4, -0.2) is 34.8 Å². The van der Waals surface area contributed by atoms with E-state index in [1.165, 1.54) is 5.56 Å². The Bertz CT molecular complexity index is 437. The summed E-state index contributed by atoms with van der Waals surface area (Å²) in [5.41, 5.74) is 1.17. The maximum atomic E-state index is 11.6. The van der Waals surface area contributed by atoms with Gasteiger partial charge in [0.05, 0.1) is 0 Å². The van der Waals surface area contributed by atoms with Gasteiger partial charge in [0, 0.05) is 39.9 Å². The van der Waals surface area contributed by atoms with E-state index in [0.717, 1.165) is 10.9 Å². The zero-order valence-electron chi connectivity index (χ0n) is 11.1. The summed E-state index contributed by atoms with van der Waals surface area (Å²) >= 11 is 3.39. The first-order valence-electron chi connectivity index (χ1n) is 6.06. The molecule has 2 atom stereocenters. The van der Waals surface area contributed by atoms with Gasteiger partial charge in [-0.3, -0.25) is 4.21 Å². The molecule has 0 aliphatic carbocycles. The second-order valence-corrected chi connectivity index (χ2v) is 6.88. The largest absolute Gasteiger partial charge is 0.337 e. The first-order valence-corrected chi connectivity index (χ1v) is 8.58. The number of rotatable bonds is 6. The number of hydrogen-bond acceptors (Lipinski definition) is 2. The lowest BCUT2D eigenvalue weighted by atomic mass is 10.1. The maximum Gasteiger partial charge on any atom is 0.315 e. The molecule has 0 heterocycles. The Morgan fingerprint density at radius 1 is 1.37 bits per heavy atom. The van der Waals surface area contributed by atoms with Crippen molar-refractivity contribution in [2.75, 3.05) is 18.6 Å². The first-order chi connectivity index (χ1) is 8.97. The molecule has 0 spiro atoms. The van der Waals surface area contributed by atoms with Crippen molar-refractivity contribution in [2.24, 2.45) is 0 Å². The van der Waals surface area contributed by atoms with E-state index < -0.39 is 10.8 Å². The highest BCUT2D eigenvalue weighted by Gasteiger charge is 2.07. The lowest BCUT2D eigenvalue weighted by molar-refractivity contribution is 0.238. The van der Waals surface area contributed by atoms with Gasteiger partial charge in [0.15, 0.2) is 0 Å². The molecular weight excluding hydrogens is 328 g/mol. The lowest BCUT2D eigenvalue weighted by Gasteiger charge is -2.14. The minimum absolute atomic E-state index is 0.0494. The number of halogens is 1. The van der Waals surface area contributed by atoms with Gasteiger partial charge in [0.2, 0.25) is 0 Å². The normalized spacial score (nSPS) is 13.6. The topological polar surface area (TPSA) is 58.2 Å². The number of benzene rings is 1. The molecule has 1 rings (SSSR count). The van der Waals surface area contributed by atoms with E-state index in [2.05, 4.69) is 26.6 Å². The molecule has 0 bridgehead atoms. The molecule has 1 aromatic rings. The van der Waals surface area contributed by atoms with E-state index in [-0.39, 0.29) is 12.1 Å². The predicted molar refractivity (Wildman–Crippen MR) is 82.8 cm³/mol. The number of nitrogens with one attached hydrogen (secondary N) is 2. The molecule has 1 aromatic carbocycles. The van der Waals surface area contributed by atoms with Crippen molar-refractivity contribution in [3.63, 3.8) is 0 Å². The molecule has 19 heavy (non-hydrogen) atoms. The monoisotopic (exact) mass is 346 g/mol. The van der Waals surface area contributed by atoms with Crippen molar-refractivity contribution in [3.8, 4) is 0 Å². The third-order valence-electron chi connectivity index (χ3n) is 2.51. The third kappa shape index (κ3) is 7.32. The molecule has 0 aromatic heterocycles. The molecule has 0 aliphatic rings. The minimum atomic E-state index is -0.875. The van der Waals surface area contributed by atoms with Crippen LogP contribution in [0.25, 0.3) is 0 Å². The summed E-state index contributed by atoms with van der Waals surface area (Å²) in [6.07, 6.45) is 2.40. The second kappa shape index (κ2) is 8.32. The summed E-state index contributed by atoms with van der Waals surface area (Å²) in [5, 5.41) is 5.55. The SMILES string of the molecule is C[C@H](Cc1ccc(Br)cc1)NC(=O)NCC[S@@](C)=O. The molecule has 0 radical (unpaired) electrons. The van der Waals surface area contributed by atoms with Crippen LogP contribution in [-0.2, 0) is 17.2 Å². The highest BCUT2D eigenvalue weighted by Crippen LogP contribution is 2.11. The summed E-state index contributed by atoms with van der Waals surface area (Å²) in [4.78, 5) is 11.6. The summed E-state index contributed by atoms with van der Waals surface area (Å²) in [7, 11) is -0.875. The van der Waals surface area contributed by atoms with Gasteiger partial charge in [0.25, 0.3) is 0 Å². The fraction of sp³-hybridized carbons (Fsp3) is 0.462. The molecule has 2 amide bonds. The van der Waals surface area contributed by atoms with Crippen molar-refractivity contribution in [2.45, 2.75) is 19.4 Å². The Balaban J connectivity index is 2.30. The summed E-state index contributed by atoms with van der Waals surface area (Å²) < 4.78 is 11.9. The number of urea groups is 1. The van der Waals surface area contributed by atoms with Gasteiger partial charge in [-0.2, -0.15) is 0 Å². The minimum Gasteiger partial charge on any atom is -0.337 e.